The van der Waals surface area contributed by atoms with Gasteiger partial charge in [0.2, 0.25) is 5.91 Å². The fraction of sp³-hybridized carbons (Fsp3) is 0.385. The Morgan fingerprint density at radius 1 is 1.35 bits per heavy atom. The lowest BCUT2D eigenvalue weighted by molar-refractivity contribution is -0.162. The first-order valence-electron chi connectivity index (χ1n) is 7.79. The number of nitrogens with one attached hydrogen (secondary N) is 2. The van der Waals surface area contributed by atoms with E-state index in [4.69, 9.17) is 27.8 Å². The lowest BCUT2D eigenvalue weighted by Crippen LogP contribution is -2.74. The first-order chi connectivity index (χ1) is 14.5. The third-order valence-corrected chi connectivity index (χ3v) is 5.92. The summed E-state index contributed by atoms with van der Waals surface area (Å²) in [6.07, 6.45) is 0. The highest BCUT2D eigenvalue weighted by Crippen LogP contribution is 2.29. The lowest BCUT2D eigenvalue weighted by Gasteiger charge is -2.41. The second-order valence-electron chi connectivity index (χ2n) is 5.48. The van der Waals surface area contributed by atoms with Crippen LogP contribution in [-0.4, -0.2) is 83.8 Å². The number of anilines is 1. The average molecular weight is 518 g/mol. The zero-order chi connectivity index (χ0) is 23.5. The number of carbonyl (C=O) groups is 4. The summed E-state index contributed by atoms with van der Waals surface area (Å²) in [5.74, 6) is -4.62. The summed E-state index contributed by atoms with van der Waals surface area (Å²) in [5, 5.41) is 7.86. The number of oxime groups is 1. The van der Waals surface area contributed by atoms with Gasteiger partial charge in [-0.15, -0.1) is 11.6 Å². The Balaban J connectivity index is 2.31. The maximum Gasteiger partial charge on any atom is 0.363 e. The molecule has 0 unspecified atom stereocenters. The Morgan fingerprint density at radius 3 is 2.52 bits per heavy atom. The molecular weight excluding hydrogens is 505 g/mol. The summed E-state index contributed by atoms with van der Waals surface area (Å²) in [5.41, 5.74) is -0.805. The number of hydrogen-bond donors (Lipinski definition) is 3. The van der Waals surface area contributed by atoms with E-state index in [9.17, 15) is 27.6 Å². The number of carbonyl (C=O) groups excluding carboxylic acids is 4. The van der Waals surface area contributed by atoms with E-state index >= 15 is 0 Å². The Labute approximate surface area is 188 Å². The fourth-order valence-corrected chi connectivity index (χ4v) is 4.32. The van der Waals surface area contributed by atoms with E-state index in [2.05, 4.69) is 30.3 Å². The molecule has 0 aromatic carbocycles. The van der Waals surface area contributed by atoms with Gasteiger partial charge in [0.1, 0.15) is 29.1 Å². The van der Waals surface area contributed by atoms with Crippen LogP contribution in [0.2, 0.25) is 4.34 Å². The lowest BCUT2D eigenvalue weighted by atomic mass is 9.98. The number of hydrogen-bond acceptors (Lipinski definition) is 11. The molecule has 3 N–H and O–H groups in total. The fourth-order valence-electron chi connectivity index (χ4n) is 2.36. The first kappa shape index (κ1) is 24.7. The molecule has 14 nitrogen and oxygen atoms in total. The molecule has 2 atom stereocenters. The van der Waals surface area contributed by atoms with Crippen molar-refractivity contribution in [2.75, 3.05) is 25.4 Å². The van der Waals surface area contributed by atoms with Gasteiger partial charge in [-0.05, 0) is 0 Å². The predicted molar refractivity (Wildman–Crippen MR) is 106 cm³/mol. The van der Waals surface area contributed by atoms with Crippen molar-refractivity contribution >= 4 is 79.4 Å². The van der Waals surface area contributed by atoms with Crippen molar-refractivity contribution in [3.05, 3.63) is 10.0 Å². The molecule has 1 saturated heterocycles. The topological polar surface area (TPSA) is 194 Å². The summed E-state index contributed by atoms with van der Waals surface area (Å²) in [4.78, 5) is 56.6. The van der Waals surface area contributed by atoms with Crippen LogP contribution in [0.15, 0.2) is 5.16 Å². The minimum absolute atomic E-state index is 0.0213. The monoisotopic (exact) mass is 517 g/mol. The molecule has 1 aliphatic rings. The van der Waals surface area contributed by atoms with Crippen molar-refractivity contribution in [2.24, 2.45) is 5.16 Å². The van der Waals surface area contributed by atoms with E-state index in [1.165, 1.54) is 0 Å². The van der Waals surface area contributed by atoms with Gasteiger partial charge < -0.3 is 20.2 Å². The van der Waals surface area contributed by atoms with Crippen LogP contribution >= 0.6 is 34.5 Å². The van der Waals surface area contributed by atoms with Crippen molar-refractivity contribution in [3.8, 4) is 0 Å². The third kappa shape index (κ3) is 5.21. The van der Waals surface area contributed by atoms with Gasteiger partial charge in [0, 0.05) is 0 Å². The number of β-lactam (4-membered cyclic amide) rings is 1. The molecule has 31 heavy (non-hydrogen) atoms. The molecule has 3 amide bonds. The standard InChI is InChI=1S/C13H13Cl2N5O9S2/c1-28-12(24)8-7(11(23)20(8)31(25,26)27)17-10(22)6(19-29-2)5-9(15)30-13(18-5)16-4(21)3-14/h7-8H,3H2,1-2H3,(H,17,22)(H,16,18,21)(H,25,26,27)/b19-6-/t7-,8-/m1/s1. The quantitative estimate of drug-likeness (QED) is 0.0959. The summed E-state index contributed by atoms with van der Waals surface area (Å²) >= 11 is 12.2. The number of alkyl halides is 1. The van der Waals surface area contributed by atoms with Crippen LogP contribution in [0.1, 0.15) is 5.69 Å². The number of ether oxygens (including phenoxy) is 1. The summed E-state index contributed by atoms with van der Waals surface area (Å²) < 4.78 is 35.9. The van der Waals surface area contributed by atoms with Gasteiger partial charge >= 0.3 is 16.3 Å². The minimum atomic E-state index is -5.09. The van der Waals surface area contributed by atoms with Crippen molar-refractivity contribution in [1.82, 2.24) is 14.6 Å². The Kier molecular flexibility index (Phi) is 7.77. The molecular formula is C13H13Cl2N5O9S2. The van der Waals surface area contributed by atoms with Gasteiger partial charge in [-0.2, -0.15) is 12.7 Å². The SMILES string of the molecule is CO/N=C(\C(=O)N[C@H]1C(=O)N(S(=O)(=O)O)[C@H]1C(=O)OC)c1nc(NC(=O)CCl)sc1Cl. The van der Waals surface area contributed by atoms with Crippen LogP contribution in [0.4, 0.5) is 5.13 Å². The molecule has 1 aromatic rings. The number of thiazole rings is 1. The van der Waals surface area contributed by atoms with Gasteiger partial charge in [0.15, 0.2) is 16.9 Å². The van der Waals surface area contributed by atoms with E-state index in [0.717, 1.165) is 25.6 Å². The second kappa shape index (κ2) is 9.73. The molecule has 1 aromatic heterocycles. The number of halogens is 2. The molecule has 18 heteroatoms. The van der Waals surface area contributed by atoms with Gasteiger partial charge in [-0.3, -0.25) is 18.9 Å². The Morgan fingerprint density at radius 2 is 2.00 bits per heavy atom. The van der Waals surface area contributed by atoms with E-state index < -0.39 is 51.8 Å². The molecule has 0 radical (unpaired) electrons. The van der Waals surface area contributed by atoms with Gasteiger partial charge in [-0.1, -0.05) is 28.1 Å². The normalized spacial score (nSPS) is 18.8. The van der Waals surface area contributed by atoms with Crippen LogP contribution in [-0.2, 0) is 39.1 Å². The zero-order valence-electron chi connectivity index (χ0n) is 15.5. The van der Waals surface area contributed by atoms with Crippen molar-refractivity contribution in [3.63, 3.8) is 0 Å². The van der Waals surface area contributed by atoms with Crippen molar-refractivity contribution in [1.29, 1.82) is 0 Å². The molecule has 0 saturated carbocycles. The van der Waals surface area contributed by atoms with Gasteiger partial charge in [0.25, 0.3) is 11.8 Å². The van der Waals surface area contributed by atoms with E-state index in [-0.39, 0.29) is 25.3 Å². The van der Waals surface area contributed by atoms with Crippen molar-refractivity contribution < 1.29 is 41.7 Å². The minimum Gasteiger partial charge on any atom is -0.467 e. The number of esters is 1. The molecule has 0 spiro atoms. The number of rotatable bonds is 8. The Hall–Kier alpha value is -2.53. The van der Waals surface area contributed by atoms with Crippen molar-refractivity contribution in [2.45, 2.75) is 12.1 Å². The maximum atomic E-state index is 12.7. The van der Waals surface area contributed by atoms with Crippen LogP contribution in [0, 0.1) is 0 Å². The van der Waals surface area contributed by atoms with E-state index in [1.54, 1.807) is 0 Å². The van der Waals surface area contributed by atoms with Gasteiger partial charge in [-0.25, -0.2) is 9.78 Å². The highest BCUT2D eigenvalue weighted by Gasteiger charge is 2.58. The summed E-state index contributed by atoms with van der Waals surface area (Å²) in [7, 11) is -3.09. The smallest absolute Gasteiger partial charge is 0.363 e. The number of nitrogens with zero attached hydrogens (tertiary/aromatic N) is 3. The molecule has 2 rings (SSSR count). The maximum absolute atomic E-state index is 12.7. The zero-order valence-corrected chi connectivity index (χ0v) is 18.6. The van der Waals surface area contributed by atoms with Gasteiger partial charge in [0.05, 0.1) is 7.11 Å². The Bertz CT molecular complexity index is 1060. The van der Waals surface area contributed by atoms with Crippen LogP contribution in [0.3, 0.4) is 0 Å². The van der Waals surface area contributed by atoms with E-state index in [1.807, 2.05) is 0 Å². The molecule has 170 valence electrons. The van der Waals surface area contributed by atoms with E-state index in [0.29, 0.717) is 0 Å². The summed E-state index contributed by atoms with van der Waals surface area (Å²) in [6.45, 7) is 0. The average Bonchev–Trinajstić information content (AvgIpc) is 3.05. The molecule has 2 heterocycles. The van der Waals surface area contributed by atoms with Crippen LogP contribution in [0.5, 0.6) is 0 Å². The highest BCUT2D eigenvalue weighted by molar-refractivity contribution is 7.84. The third-order valence-electron chi connectivity index (χ3n) is 3.60. The molecule has 0 aliphatic carbocycles. The molecule has 1 aliphatic heterocycles. The second-order valence-corrected chi connectivity index (χ2v) is 8.63. The van der Waals surface area contributed by atoms with Crippen LogP contribution in [0.25, 0.3) is 0 Å². The largest absolute Gasteiger partial charge is 0.467 e. The summed E-state index contributed by atoms with van der Waals surface area (Å²) in [6, 6.07) is -3.57. The van der Waals surface area contributed by atoms with Crippen LogP contribution < -0.4 is 10.6 Å². The number of methoxy groups -OCH3 is 1. The number of aromatic nitrogens is 1. The molecule has 0 bridgehead atoms. The predicted octanol–water partition coefficient (Wildman–Crippen LogP) is -1.00. The molecule has 1 fully saturated rings. The number of amides is 3. The highest BCUT2D eigenvalue weighted by atomic mass is 35.5. The first-order valence-corrected chi connectivity index (χ1v) is 10.9.